The van der Waals surface area contributed by atoms with Gasteiger partial charge in [0.2, 0.25) is 0 Å². The van der Waals surface area contributed by atoms with Gasteiger partial charge in [-0.1, -0.05) is 0 Å². The topological polar surface area (TPSA) is 29.5 Å². The van der Waals surface area contributed by atoms with Gasteiger partial charge in [-0.3, -0.25) is 0 Å². The maximum atomic E-state index is 9.50. The van der Waals surface area contributed by atoms with Crippen LogP contribution in [0, 0.1) is 5.92 Å². The summed E-state index contributed by atoms with van der Waals surface area (Å²) >= 11 is 0. The third-order valence-corrected chi connectivity index (χ3v) is 2.74. The van der Waals surface area contributed by atoms with Crippen molar-refractivity contribution in [2.75, 3.05) is 6.61 Å². The minimum absolute atomic E-state index is 0.0683. The fraction of sp³-hybridized carbons (Fsp3) is 1.00. The molecule has 3 atom stereocenters. The Morgan fingerprint density at radius 2 is 2.10 bits per heavy atom. The molecular weight excluding hydrogens is 128 g/mol. The van der Waals surface area contributed by atoms with Crippen LogP contribution in [0.1, 0.15) is 25.7 Å². The maximum Gasteiger partial charge on any atom is 0.0628 e. The van der Waals surface area contributed by atoms with E-state index in [2.05, 4.69) is 0 Å². The number of aliphatic hydroxyl groups excluding tert-OH is 1. The zero-order valence-electron chi connectivity index (χ0n) is 6.12. The van der Waals surface area contributed by atoms with Crippen molar-refractivity contribution >= 4 is 0 Å². The van der Waals surface area contributed by atoms with Gasteiger partial charge in [0.1, 0.15) is 0 Å². The Morgan fingerprint density at radius 1 is 1.20 bits per heavy atom. The smallest absolute Gasteiger partial charge is 0.0628 e. The summed E-state index contributed by atoms with van der Waals surface area (Å²) in [6.45, 7) is 0.867. The average molecular weight is 142 g/mol. The Bertz CT molecular complexity index is 124. The van der Waals surface area contributed by atoms with Crippen molar-refractivity contribution < 1.29 is 9.84 Å². The number of fused-ring (bicyclic) bond motifs is 1. The van der Waals surface area contributed by atoms with Crippen LogP contribution in [0.4, 0.5) is 0 Å². The summed E-state index contributed by atoms with van der Waals surface area (Å²) in [6.07, 6.45) is 4.70. The molecule has 1 N–H and O–H groups in total. The summed E-state index contributed by atoms with van der Waals surface area (Å²) in [7, 11) is 0. The van der Waals surface area contributed by atoms with Crippen LogP contribution in [0.5, 0.6) is 0 Å². The van der Waals surface area contributed by atoms with Gasteiger partial charge < -0.3 is 9.84 Å². The van der Waals surface area contributed by atoms with Crippen LogP contribution >= 0.6 is 0 Å². The van der Waals surface area contributed by atoms with Crippen LogP contribution in [-0.2, 0) is 4.74 Å². The van der Waals surface area contributed by atoms with Gasteiger partial charge in [-0.25, -0.2) is 0 Å². The molecular formula is C8H14O2. The maximum absolute atomic E-state index is 9.50. The van der Waals surface area contributed by atoms with Crippen LogP contribution in [0.15, 0.2) is 0 Å². The number of hydrogen-bond donors (Lipinski definition) is 1. The lowest BCUT2D eigenvalue weighted by Gasteiger charge is -2.28. The Morgan fingerprint density at radius 3 is 2.90 bits per heavy atom. The largest absolute Gasteiger partial charge is 0.393 e. The van der Waals surface area contributed by atoms with E-state index < -0.39 is 0 Å². The van der Waals surface area contributed by atoms with Gasteiger partial charge in [0.15, 0.2) is 0 Å². The second-order valence-corrected chi connectivity index (χ2v) is 3.36. The molecule has 58 valence electrons. The van der Waals surface area contributed by atoms with Crippen molar-refractivity contribution in [3.8, 4) is 0 Å². The molecule has 0 aromatic carbocycles. The summed E-state index contributed by atoms with van der Waals surface area (Å²) in [4.78, 5) is 0. The first kappa shape index (κ1) is 6.62. The highest BCUT2D eigenvalue weighted by Gasteiger charge is 2.36. The molecule has 0 spiro atoms. The molecule has 2 nitrogen and oxygen atoms in total. The second-order valence-electron chi connectivity index (χ2n) is 3.36. The summed E-state index contributed by atoms with van der Waals surface area (Å²) < 4.78 is 5.47. The van der Waals surface area contributed by atoms with Crippen molar-refractivity contribution in [3.05, 3.63) is 0 Å². The van der Waals surface area contributed by atoms with Gasteiger partial charge in [0, 0.05) is 12.5 Å². The first-order valence-corrected chi connectivity index (χ1v) is 4.17. The average Bonchev–Trinajstić information content (AvgIpc) is 2.36. The Kier molecular flexibility index (Phi) is 1.66. The minimum atomic E-state index is -0.0683. The fourth-order valence-corrected chi connectivity index (χ4v) is 2.14. The van der Waals surface area contributed by atoms with E-state index in [4.69, 9.17) is 4.74 Å². The van der Waals surface area contributed by atoms with Crippen LogP contribution < -0.4 is 0 Å². The summed E-state index contributed by atoms with van der Waals surface area (Å²) in [5.41, 5.74) is 0. The van der Waals surface area contributed by atoms with E-state index in [1.807, 2.05) is 0 Å². The van der Waals surface area contributed by atoms with Crippen LogP contribution in [-0.4, -0.2) is 23.9 Å². The van der Waals surface area contributed by atoms with Crippen LogP contribution in [0.2, 0.25) is 0 Å². The number of rotatable bonds is 0. The Hall–Kier alpha value is -0.0800. The van der Waals surface area contributed by atoms with E-state index in [-0.39, 0.29) is 6.10 Å². The molecule has 1 aliphatic carbocycles. The van der Waals surface area contributed by atoms with E-state index in [0.29, 0.717) is 12.0 Å². The van der Waals surface area contributed by atoms with E-state index in [1.54, 1.807) is 0 Å². The van der Waals surface area contributed by atoms with Gasteiger partial charge in [-0.15, -0.1) is 0 Å². The SMILES string of the molecule is OC1CCCC2OCCC12. The highest BCUT2D eigenvalue weighted by atomic mass is 16.5. The molecule has 1 aliphatic heterocycles. The molecule has 2 rings (SSSR count). The van der Waals surface area contributed by atoms with Crippen LogP contribution in [0.25, 0.3) is 0 Å². The molecule has 0 aromatic heterocycles. The van der Waals surface area contributed by atoms with Gasteiger partial charge in [-0.05, 0) is 25.7 Å². The lowest BCUT2D eigenvalue weighted by Crippen LogP contribution is -2.32. The number of hydrogen-bond acceptors (Lipinski definition) is 2. The van der Waals surface area contributed by atoms with Crippen molar-refractivity contribution in [1.29, 1.82) is 0 Å². The normalized spacial score (nSPS) is 47.1. The summed E-state index contributed by atoms with van der Waals surface area (Å²) in [6, 6.07) is 0. The van der Waals surface area contributed by atoms with Gasteiger partial charge in [0.05, 0.1) is 12.2 Å². The van der Waals surface area contributed by atoms with Gasteiger partial charge in [-0.2, -0.15) is 0 Å². The predicted molar refractivity (Wildman–Crippen MR) is 37.7 cm³/mol. The monoisotopic (exact) mass is 142 g/mol. The number of aliphatic hydroxyl groups is 1. The van der Waals surface area contributed by atoms with E-state index >= 15 is 0 Å². The van der Waals surface area contributed by atoms with Crippen molar-refractivity contribution in [2.24, 2.45) is 5.92 Å². The third-order valence-electron chi connectivity index (χ3n) is 2.74. The molecule has 2 fully saturated rings. The molecule has 1 saturated heterocycles. The Labute approximate surface area is 61.2 Å². The highest BCUT2D eigenvalue weighted by molar-refractivity contribution is 4.86. The van der Waals surface area contributed by atoms with E-state index in [1.165, 1.54) is 6.42 Å². The fourth-order valence-electron chi connectivity index (χ4n) is 2.14. The second kappa shape index (κ2) is 2.51. The van der Waals surface area contributed by atoms with Crippen LogP contribution in [0.3, 0.4) is 0 Å². The molecule has 2 heteroatoms. The molecule has 1 heterocycles. The molecule has 0 amide bonds. The lowest BCUT2D eigenvalue weighted by atomic mass is 9.84. The standard InChI is InChI=1S/C8H14O2/c9-7-2-1-3-8-6(7)4-5-10-8/h6-9H,1-5H2. The zero-order valence-corrected chi connectivity index (χ0v) is 6.12. The summed E-state index contributed by atoms with van der Waals surface area (Å²) in [5.74, 6) is 0.466. The summed E-state index contributed by atoms with van der Waals surface area (Å²) in [5, 5.41) is 9.50. The first-order chi connectivity index (χ1) is 4.88. The lowest BCUT2D eigenvalue weighted by molar-refractivity contribution is -0.00209. The third kappa shape index (κ3) is 0.956. The minimum Gasteiger partial charge on any atom is -0.393 e. The quantitative estimate of drug-likeness (QED) is 0.545. The molecule has 0 aromatic rings. The van der Waals surface area contributed by atoms with Gasteiger partial charge >= 0.3 is 0 Å². The molecule has 0 bridgehead atoms. The molecule has 1 saturated carbocycles. The van der Waals surface area contributed by atoms with E-state index in [0.717, 1.165) is 25.9 Å². The van der Waals surface area contributed by atoms with Crippen molar-refractivity contribution in [3.63, 3.8) is 0 Å². The molecule has 2 aliphatic rings. The zero-order chi connectivity index (χ0) is 6.97. The van der Waals surface area contributed by atoms with Crippen molar-refractivity contribution in [2.45, 2.75) is 37.9 Å². The first-order valence-electron chi connectivity index (χ1n) is 4.17. The van der Waals surface area contributed by atoms with Crippen molar-refractivity contribution in [1.82, 2.24) is 0 Å². The highest BCUT2D eigenvalue weighted by Crippen LogP contribution is 2.33. The van der Waals surface area contributed by atoms with E-state index in [9.17, 15) is 5.11 Å². The number of ether oxygens (including phenoxy) is 1. The Balaban J connectivity index is 2.03. The predicted octanol–water partition coefficient (Wildman–Crippen LogP) is 0.936. The molecule has 0 radical (unpaired) electrons. The van der Waals surface area contributed by atoms with Gasteiger partial charge in [0.25, 0.3) is 0 Å². The molecule has 10 heavy (non-hydrogen) atoms. The molecule has 3 unspecified atom stereocenters.